The van der Waals surface area contributed by atoms with Crippen LogP contribution >= 0.6 is 0 Å². The first-order valence-electron chi connectivity index (χ1n) is 5.12. The van der Waals surface area contributed by atoms with Crippen LogP contribution in [0.2, 0.25) is 0 Å². The van der Waals surface area contributed by atoms with Gasteiger partial charge < -0.3 is 4.90 Å². The number of rotatable bonds is 7. The van der Waals surface area contributed by atoms with E-state index in [9.17, 15) is 0 Å². The molecule has 0 aliphatic heterocycles. The molecule has 0 N–H and O–H groups in total. The molecule has 0 aliphatic carbocycles. The fourth-order valence-electron chi connectivity index (χ4n) is 1.32. The Hall–Kier alpha value is -0.460. The van der Waals surface area contributed by atoms with Crippen LogP contribution in [-0.2, 0) is 0 Å². The highest BCUT2D eigenvalue weighted by atomic mass is 15.1. The molecule has 0 unspecified atom stereocenters. The molecule has 0 aromatic heterocycles. The molecular formula is C11H23N. The Labute approximate surface area is 77.5 Å². The van der Waals surface area contributed by atoms with Gasteiger partial charge in [-0.15, -0.1) is 0 Å². The molecule has 0 aromatic rings. The van der Waals surface area contributed by atoms with Gasteiger partial charge in [0.05, 0.1) is 0 Å². The summed E-state index contributed by atoms with van der Waals surface area (Å²) >= 11 is 0. The minimum Gasteiger partial charge on any atom is -0.376 e. The highest BCUT2D eigenvalue weighted by Crippen LogP contribution is 2.05. The Balaban J connectivity index is 3.56. The molecule has 12 heavy (non-hydrogen) atoms. The number of unbranched alkanes of at least 4 members (excludes halogenated alkanes) is 2. The minimum atomic E-state index is 1.17. The molecule has 72 valence electrons. The third-order valence-electron chi connectivity index (χ3n) is 2.06. The van der Waals surface area contributed by atoms with Crippen LogP contribution in [0.15, 0.2) is 12.3 Å². The van der Waals surface area contributed by atoms with E-state index < -0.39 is 0 Å². The van der Waals surface area contributed by atoms with Gasteiger partial charge in [0.25, 0.3) is 0 Å². The second kappa shape index (κ2) is 7.20. The van der Waals surface area contributed by atoms with E-state index in [1.165, 1.54) is 44.5 Å². The van der Waals surface area contributed by atoms with Crippen LogP contribution in [0, 0.1) is 0 Å². The highest BCUT2D eigenvalue weighted by molar-refractivity contribution is 4.87. The highest BCUT2D eigenvalue weighted by Gasteiger charge is 2.00. The van der Waals surface area contributed by atoms with E-state index in [1.54, 1.807) is 0 Å². The van der Waals surface area contributed by atoms with Crippen LogP contribution in [0.4, 0.5) is 0 Å². The molecule has 0 spiro atoms. The van der Waals surface area contributed by atoms with Crippen molar-refractivity contribution in [3.63, 3.8) is 0 Å². The van der Waals surface area contributed by atoms with Crippen molar-refractivity contribution in [3.8, 4) is 0 Å². The summed E-state index contributed by atoms with van der Waals surface area (Å²) in [5.74, 6) is 0. The van der Waals surface area contributed by atoms with Crippen molar-refractivity contribution in [2.24, 2.45) is 0 Å². The van der Waals surface area contributed by atoms with Crippen molar-refractivity contribution < 1.29 is 0 Å². The lowest BCUT2D eigenvalue weighted by atomic mass is 10.2. The number of nitrogens with zero attached hydrogens (tertiary/aromatic N) is 1. The summed E-state index contributed by atoms with van der Waals surface area (Å²) < 4.78 is 0. The van der Waals surface area contributed by atoms with Crippen molar-refractivity contribution in [2.75, 3.05) is 13.1 Å². The second-order valence-electron chi connectivity index (χ2n) is 3.43. The van der Waals surface area contributed by atoms with Gasteiger partial charge in [-0.2, -0.15) is 0 Å². The van der Waals surface area contributed by atoms with Gasteiger partial charge >= 0.3 is 0 Å². The van der Waals surface area contributed by atoms with E-state index in [4.69, 9.17) is 0 Å². The van der Waals surface area contributed by atoms with E-state index in [-0.39, 0.29) is 0 Å². The molecule has 0 rings (SSSR count). The summed E-state index contributed by atoms with van der Waals surface area (Å²) in [7, 11) is 0. The van der Waals surface area contributed by atoms with Crippen LogP contribution in [0.25, 0.3) is 0 Å². The number of allylic oxidation sites excluding steroid dienone is 1. The van der Waals surface area contributed by atoms with E-state index >= 15 is 0 Å². The maximum atomic E-state index is 3.98. The van der Waals surface area contributed by atoms with Gasteiger partial charge in [-0.25, -0.2) is 0 Å². The van der Waals surface area contributed by atoms with Crippen LogP contribution in [0.3, 0.4) is 0 Å². The molecule has 1 nitrogen and oxygen atoms in total. The van der Waals surface area contributed by atoms with Crippen molar-refractivity contribution >= 4 is 0 Å². The second-order valence-corrected chi connectivity index (χ2v) is 3.43. The number of hydrogen-bond acceptors (Lipinski definition) is 1. The Bertz CT molecular complexity index is 118. The van der Waals surface area contributed by atoms with Gasteiger partial charge in [0, 0.05) is 18.8 Å². The summed E-state index contributed by atoms with van der Waals surface area (Å²) in [5, 5.41) is 0. The van der Waals surface area contributed by atoms with Crippen molar-refractivity contribution in [1.82, 2.24) is 4.90 Å². The maximum absolute atomic E-state index is 3.98. The van der Waals surface area contributed by atoms with Gasteiger partial charge in [-0.05, 0) is 19.8 Å². The minimum absolute atomic E-state index is 1.17. The smallest absolute Gasteiger partial charge is 0.0174 e. The summed E-state index contributed by atoms with van der Waals surface area (Å²) in [6.07, 6.45) is 5.17. The van der Waals surface area contributed by atoms with Crippen molar-refractivity contribution in [3.05, 3.63) is 12.3 Å². The molecule has 1 heteroatoms. The van der Waals surface area contributed by atoms with Crippen LogP contribution in [0.5, 0.6) is 0 Å². The number of hydrogen-bond donors (Lipinski definition) is 0. The zero-order valence-electron chi connectivity index (χ0n) is 8.90. The molecule has 0 amide bonds. The zero-order valence-corrected chi connectivity index (χ0v) is 8.90. The quantitative estimate of drug-likeness (QED) is 0.528. The largest absolute Gasteiger partial charge is 0.376 e. The molecule has 0 aliphatic rings. The molecular weight excluding hydrogens is 146 g/mol. The Morgan fingerprint density at radius 2 is 1.75 bits per heavy atom. The zero-order chi connectivity index (χ0) is 9.40. The molecule has 0 saturated heterocycles. The average molecular weight is 169 g/mol. The van der Waals surface area contributed by atoms with Gasteiger partial charge in [0.2, 0.25) is 0 Å². The van der Waals surface area contributed by atoms with E-state index in [0.29, 0.717) is 0 Å². The Kier molecular flexibility index (Phi) is 6.93. The van der Waals surface area contributed by atoms with Crippen LogP contribution in [-0.4, -0.2) is 18.0 Å². The lowest BCUT2D eigenvalue weighted by molar-refractivity contribution is 0.337. The lowest BCUT2D eigenvalue weighted by Gasteiger charge is -2.23. The predicted molar refractivity (Wildman–Crippen MR) is 56.2 cm³/mol. The molecule has 0 saturated carbocycles. The SMILES string of the molecule is C=C(C)N(CCC)CCCCC. The van der Waals surface area contributed by atoms with Gasteiger partial charge in [0.15, 0.2) is 0 Å². The van der Waals surface area contributed by atoms with Gasteiger partial charge in [-0.1, -0.05) is 33.3 Å². The molecule has 0 fully saturated rings. The van der Waals surface area contributed by atoms with Crippen LogP contribution in [0.1, 0.15) is 46.5 Å². The molecule has 0 aromatic carbocycles. The van der Waals surface area contributed by atoms with Gasteiger partial charge in [-0.3, -0.25) is 0 Å². The standard InChI is InChI=1S/C11H23N/c1-5-7-8-10-12(9-6-2)11(3)4/h3,5-10H2,1-2,4H3. The average Bonchev–Trinajstić information content (AvgIpc) is 2.03. The van der Waals surface area contributed by atoms with E-state index in [1.807, 2.05) is 0 Å². The first kappa shape index (κ1) is 11.5. The lowest BCUT2D eigenvalue weighted by Crippen LogP contribution is -2.23. The molecule has 0 radical (unpaired) electrons. The fourth-order valence-corrected chi connectivity index (χ4v) is 1.32. The van der Waals surface area contributed by atoms with Crippen molar-refractivity contribution in [1.29, 1.82) is 0 Å². The summed E-state index contributed by atoms with van der Waals surface area (Å²) in [6, 6.07) is 0. The van der Waals surface area contributed by atoms with E-state index in [0.717, 1.165) is 0 Å². The molecule has 0 bridgehead atoms. The first-order chi connectivity index (χ1) is 5.72. The summed E-state index contributed by atoms with van der Waals surface area (Å²) in [6.45, 7) is 12.9. The first-order valence-corrected chi connectivity index (χ1v) is 5.12. The predicted octanol–water partition coefficient (Wildman–Crippen LogP) is 3.42. The summed E-state index contributed by atoms with van der Waals surface area (Å²) in [4.78, 5) is 2.38. The molecule has 0 heterocycles. The van der Waals surface area contributed by atoms with Crippen LogP contribution < -0.4 is 0 Å². The normalized spacial score (nSPS) is 9.92. The fraction of sp³-hybridized carbons (Fsp3) is 0.818. The summed E-state index contributed by atoms with van der Waals surface area (Å²) in [5.41, 5.74) is 1.22. The Morgan fingerprint density at radius 3 is 2.17 bits per heavy atom. The third kappa shape index (κ3) is 5.22. The third-order valence-corrected chi connectivity index (χ3v) is 2.06. The van der Waals surface area contributed by atoms with Crippen molar-refractivity contribution in [2.45, 2.75) is 46.5 Å². The van der Waals surface area contributed by atoms with Gasteiger partial charge in [0.1, 0.15) is 0 Å². The Morgan fingerprint density at radius 1 is 1.08 bits per heavy atom. The molecule has 0 atom stereocenters. The monoisotopic (exact) mass is 169 g/mol. The maximum Gasteiger partial charge on any atom is 0.0174 e. The topological polar surface area (TPSA) is 3.24 Å². The van der Waals surface area contributed by atoms with E-state index in [2.05, 4.69) is 32.3 Å².